The van der Waals surface area contributed by atoms with Crippen molar-refractivity contribution in [1.29, 1.82) is 0 Å². The van der Waals surface area contributed by atoms with E-state index in [4.69, 9.17) is 14.5 Å². The number of benzene rings is 1. The minimum Gasteiger partial charge on any atom is -0.497 e. The van der Waals surface area contributed by atoms with Gasteiger partial charge >= 0.3 is 0 Å². The van der Waals surface area contributed by atoms with Crippen molar-refractivity contribution in [3.63, 3.8) is 0 Å². The Bertz CT molecular complexity index is 778. The summed E-state index contributed by atoms with van der Waals surface area (Å²) in [5.74, 6) is 1.68. The van der Waals surface area contributed by atoms with Crippen molar-refractivity contribution in [2.24, 2.45) is 4.99 Å². The molecule has 7 nitrogen and oxygen atoms in total. The van der Waals surface area contributed by atoms with Crippen molar-refractivity contribution in [3.05, 3.63) is 45.9 Å². The van der Waals surface area contributed by atoms with Gasteiger partial charge in [0, 0.05) is 37.3 Å². The van der Waals surface area contributed by atoms with Crippen LogP contribution in [0.5, 0.6) is 5.75 Å². The van der Waals surface area contributed by atoms with Crippen LogP contribution in [0.2, 0.25) is 0 Å². The second-order valence-corrected chi connectivity index (χ2v) is 8.20. The molecule has 0 spiro atoms. The highest BCUT2D eigenvalue weighted by Crippen LogP contribution is 2.23. The molecule has 0 bridgehead atoms. The van der Waals surface area contributed by atoms with Crippen molar-refractivity contribution in [2.45, 2.75) is 26.4 Å². The highest BCUT2D eigenvalue weighted by atomic mass is 127. The van der Waals surface area contributed by atoms with E-state index >= 15 is 0 Å². The molecule has 1 aromatic carbocycles. The lowest BCUT2D eigenvalue weighted by molar-refractivity contribution is 0.0170. The largest absolute Gasteiger partial charge is 0.497 e. The van der Waals surface area contributed by atoms with Crippen LogP contribution in [0.4, 0.5) is 0 Å². The molecule has 0 saturated carbocycles. The van der Waals surface area contributed by atoms with E-state index in [0.29, 0.717) is 6.54 Å². The number of nitrogens with one attached hydrogen (secondary N) is 2. The fraction of sp³-hybridized carbons (Fsp3) is 0.524. The van der Waals surface area contributed by atoms with E-state index in [9.17, 15) is 0 Å². The topological polar surface area (TPSA) is 71.0 Å². The average Bonchev–Trinajstić information content (AvgIpc) is 3.18. The smallest absolute Gasteiger partial charge is 0.191 e. The molecule has 0 amide bonds. The maximum Gasteiger partial charge on any atom is 0.191 e. The number of aliphatic imine (C=N–C) groups is 1. The highest BCUT2D eigenvalue weighted by Gasteiger charge is 2.23. The van der Waals surface area contributed by atoms with E-state index in [2.05, 4.69) is 46.5 Å². The molecule has 0 radical (unpaired) electrons. The fourth-order valence-corrected chi connectivity index (χ4v) is 4.04. The molecule has 1 aliphatic rings. The Morgan fingerprint density at radius 2 is 2.00 bits per heavy atom. The van der Waals surface area contributed by atoms with E-state index in [0.717, 1.165) is 56.1 Å². The molecule has 2 N–H and O–H groups in total. The van der Waals surface area contributed by atoms with E-state index in [1.54, 1.807) is 18.4 Å². The monoisotopic (exact) mass is 545 g/mol. The summed E-state index contributed by atoms with van der Waals surface area (Å²) in [5.41, 5.74) is 1.26. The molecule has 166 valence electrons. The van der Waals surface area contributed by atoms with E-state index in [-0.39, 0.29) is 30.0 Å². The van der Waals surface area contributed by atoms with Crippen LogP contribution in [0.25, 0.3) is 0 Å². The Morgan fingerprint density at radius 3 is 2.60 bits per heavy atom. The first kappa shape index (κ1) is 24.8. The number of methoxy groups -OCH3 is 1. The van der Waals surface area contributed by atoms with Gasteiger partial charge < -0.3 is 20.1 Å². The minimum absolute atomic E-state index is 0. The lowest BCUT2D eigenvalue weighted by Crippen LogP contribution is -2.46. The van der Waals surface area contributed by atoms with Crippen LogP contribution in [0, 0.1) is 6.92 Å². The van der Waals surface area contributed by atoms with Crippen LogP contribution in [-0.4, -0.2) is 62.3 Å². The van der Waals surface area contributed by atoms with Crippen LogP contribution in [0.3, 0.4) is 0 Å². The molecule has 1 unspecified atom stereocenters. The van der Waals surface area contributed by atoms with Crippen molar-refractivity contribution in [1.82, 2.24) is 20.5 Å². The molecule has 1 fully saturated rings. The number of nitrogens with zero attached hydrogens (tertiary/aromatic N) is 3. The van der Waals surface area contributed by atoms with Crippen LogP contribution >= 0.6 is 35.3 Å². The number of aromatic nitrogens is 1. The van der Waals surface area contributed by atoms with Gasteiger partial charge in [-0.15, -0.1) is 35.3 Å². The van der Waals surface area contributed by atoms with Crippen LogP contribution < -0.4 is 15.4 Å². The molecule has 9 heteroatoms. The molecule has 3 rings (SSSR count). The summed E-state index contributed by atoms with van der Waals surface area (Å²) in [7, 11) is 1.69. The van der Waals surface area contributed by atoms with E-state index in [1.165, 1.54) is 10.4 Å². The van der Waals surface area contributed by atoms with Gasteiger partial charge in [-0.1, -0.05) is 12.1 Å². The quantitative estimate of drug-likeness (QED) is 0.302. The SMILES string of the molecule is CCNC(=NCc1ncc(C)s1)NCC(c1ccc(OC)cc1)N1CCOCC1.I. The third-order valence-electron chi connectivity index (χ3n) is 4.84. The van der Waals surface area contributed by atoms with E-state index < -0.39 is 0 Å². The zero-order valence-electron chi connectivity index (χ0n) is 17.9. The Labute approximate surface area is 200 Å². The Balaban J connectivity index is 0.00000320. The number of guanidine groups is 1. The van der Waals surface area contributed by atoms with Gasteiger partial charge in [-0.05, 0) is 31.5 Å². The van der Waals surface area contributed by atoms with Crippen LogP contribution in [0.15, 0.2) is 35.5 Å². The summed E-state index contributed by atoms with van der Waals surface area (Å²) in [6.07, 6.45) is 1.90. The first-order valence-corrected chi connectivity index (χ1v) is 10.9. The number of hydrogen-bond donors (Lipinski definition) is 2. The number of thiazole rings is 1. The molecule has 2 aromatic rings. The maximum absolute atomic E-state index is 5.55. The number of rotatable bonds is 8. The lowest BCUT2D eigenvalue weighted by atomic mass is 10.0. The van der Waals surface area contributed by atoms with Gasteiger partial charge in [0.25, 0.3) is 0 Å². The van der Waals surface area contributed by atoms with Gasteiger partial charge in [0.2, 0.25) is 0 Å². The van der Waals surface area contributed by atoms with Gasteiger partial charge in [0.1, 0.15) is 10.8 Å². The Hall–Kier alpha value is -1.43. The molecule has 0 aliphatic carbocycles. The summed E-state index contributed by atoms with van der Waals surface area (Å²) in [4.78, 5) is 12.8. The summed E-state index contributed by atoms with van der Waals surface area (Å²) < 4.78 is 10.9. The van der Waals surface area contributed by atoms with Crippen LogP contribution in [-0.2, 0) is 11.3 Å². The number of morpholine rings is 1. The van der Waals surface area contributed by atoms with Crippen molar-refractivity contribution in [3.8, 4) is 5.75 Å². The fourth-order valence-electron chi connectivity index (χ4n) is 3.33. The average molecular weight is 545 g/mol. The zero-order chi connectivity index (χ0) is 20.5. The summed E-state index contributed by atoms with van der Waals surface area (Å²) in [6.45, 7) is 9.67. The number of hydrogen-bond acceptors (Lipinski definition) is 6. The first-order chi connectivity index (χ1) is 14.2. The zero-order valence-corrected chi connectivity index (χ0v) is 21.0. The standard InChI is InChI=1S/C21H31N5O2S.HI/c1-4-22-21(25-15-20-23-13-16(2)29-20)24-14-19(26-9-11-28-12-10-26)17-5-7-18(27-3)8-6-17;/h5-8,13,19H,4,9-12,14-15H2,1-3H3,(H2,22,24,25);1H. The van der Waals surface area contributed by atoms with Crippen molar-refractivity contribution >= 4 is 41.3 Å². The third kappa shape index (κ3) is 7.36. The first-order valence-electron chi connectivity index (χ1n) is 10.1. The lowest BCUT2D eigenvalue weighted by Gasteiger charge is -2.35. The molecule has 1 atom stereocenters. The number of ether oxygens (including phenoxy) is 2. The second-order valence-electron chi connectivity index (χ2n) is 6.88. The van der Waals surface area contributed by atoms with Gasteiger partial charge in [-0.25, -0.2) is 9.98 Å². The molecular formula is C21H32IN5O2S. The van der Waals surface area contributed by atoms with Crippen LogP contribution in [0.1, 0.15) is 28.4 Å². The molecule has 30 heavy (non-hydrogen) atoms. The Morgan fingerprint density at radius 1 is 1.27 bits per heavy atom. The predicted molar refractivity (Wildman–Crippen MR) is 133 cm³/mol. The maximum atomic E-state index is 5.55. The van der Waals surface area contributed by atoms with E-state index in [1.807, 2.05) is 18.3 Å². The van der Waals surface area contributed by atoms with Gasteiger partial charge in [0.05, 0.1) is 32.9 Å². The van der Waals surface area contributed by atoms with Crippen molar-refractivity contribution < 1.29 is 9.47 Å². The predicted octanol–water partition coefficient (Wildman–Crippen LogP) is 3.21. The van der Waals surface area contributed by atoms with Gasteiger partial charge in [-0.3, -0.25) is 4.90 Å². The Kier molecular flexibility index (Phi) is 10.8. The second kappa shape index (κ2) is 13.1. The van der Waals surface area contributed by atoms with Crippen molar-refractivity contribution in [2.75, 3.05) is 46.5 Å². The summed E-state index contributed by atoms with van der Waals surface area (Å²) in [5, 5.41) is 7.89. The summed E-state index contributed by atoms with van der Waals surface area (Å²) >= 11 is 1.69. The molecule has 1 aliphatic heterocycles. The number of halogens is 1. The third-order valence-corrected chi connectivity index (χ3v) is 5.73. The molecular weight excluding hydrogens is 513 g/mol. The summed E-state index contributed by atoms with van der Waals surface area (Å²) in [6, 6.07) is 8.56. The number of aryl methyl sites for hydroxylation is 1. The highest BCUT2D eigenvalue weighted by molar-refractivity contribution is 14.0. The normalized spacial score (nSPS) is 15.9. The molecule has 1 aromatic heterocycles. The van der Waals surface area contributed by atoms with Gasteiger partial charge in [-0.2, -0.15) is 0 Å². The molecule has 1 saturated heterocycles. The van der Waals surface area contributed by atoms with Gasteiger partial charge in [0.15, 0.2) is 5.96 Å². The minimum atomic E-state index is 0. The molecule has 2 heterocycles.